The molecule has 8 heteroatoms. The number of carbonyl (C=O) groups excluding carboxylic acids is 2. The summed E-state index contributed by atoms with van der Waals surface area (Å²) in [6, 6.07) is 10.3. The van der Waals surface area contributed by atoms with Crippen LogP contribution in [0.25, 0.3) is 5.76 Å². The van der Waals surface area contributed by atoms with E-state index in [1.54, 1.807) is 56.5 Å². The second kappa shape index (κ2) is 11.4. The minimum absolute atomic E-state index is 0.0321. The molecular formula is C26H29NO7. The second-order valence-electron chi connectivity index (χ2n) is 7.62. The van der Waals surface area contributed by atoms with Crippen molar-refractivity contribution in [2.24, 2.45) is 0 Å². The Bertz CT molecular complexity index is 1080. The minimum Gasteiger partial charge on any atom is -0.507 e. The molecule has 34 heavy (non-hydrogen) atoms. The van der Waals surface area contributed by atoms with Crippen LogP contribution in [0.4, 0.5) is 0 Å². The first kappa shape index (κ1) is 24.9. The number of phenols is 1. The second-order valence-corrected chi connectivity index (χ2v) is 7.62. The number of aromatic hydroxyl groups is 1. The fourth-order valence-electron chi connectivity index (χ4n) is 3.83. The Labute approximate surface area is 198 Å². The standard InChI is InChI=1S/C26H29NO7/c1-4-14-34-19-10-7-17(8-11-19)24(29)22-23(18-9-12-20(28)21(16-18)33-5-2)27(13-6-15-32-3)26(31)25(22)30/h4,7-12,16,23,28-29H,1,5-6,13-15H2,2-3H3/t23-/m0/s1. The minimum atomic E-state index is -0.853. The number of aliphatic hydroxyl groups excluding tert-OH is 1. The van der Waals surface area contributed by atoms with Crippen LogP contribution in [-0.2, 0) is 14.3 Å². The number of benzene rings is 2. The molecule has 0 unspecified atom stereocenters. The van der Waals surface area contributed by atoms with E-state index in [-0.39, 0.29) is 29.4 Å². The first-order valence-electron chi connectivity index (χ1n) is 11.0. The zero-order valence-electron chi connectivity index (χ0n) is 19.3. The molecule has 1 aliphatic rings. The van der Waals surface area contributed by atoms with Crippen molar-refractivity contribution < 1.29 is 34.0 Å². The Morgan fingerprint density at radius 3 is 2.53 bits per heavy atom. The summed E-state index contributed by atoms with van der Waals surface area (Å²) in [5.41, 5.74) is 0.871. The number of likely N-dealkylation sites (tertiary alicyclic amines) is 1. The molecule has 0 saturated carbocycles. The molecule has 1 atom stereocenters. The van der Waals surface area contributed by atoms with Crippen molar-refractivity contribution in [2.75, 3.05) is 33.5 Å². The summed E-state index contributed by atoms with van der Waals surface area (Å²) < 4.78 is 16.1. The van der Waals surface area contributed by atoms with Gasteiger partial charge < -0.3 is 29.3 Å². The van der Waals surface area contributed by atoms with E-state index in [1.165, 1.54) is 11.0 Å². The first-order valence-corrected chi connectivity index (χ1v) is 11.0. The largest absolute Gasteiger partial charge is 0.507 e. The van der Waals surface area contributed by atoms with E-state index in [2.05, 4.69) is 6.58 Å². The molecule has 0 aromatic heterocycles. The molecule has 1 amide bonds. The van der Waals surface area contributed by atoms with E-state index in [9.17, 15) is 19.8 Å². The van der Waals surface area contributed by atoms with E-state index in [4.69, 9.17) is 14.2 Å². The normalized spacial score (nSPS) is 17.1. The van der Waals surface area contributed by atoms with Crippen LogP contribution in [0.15, 0.2) is 60.7 Å². The van der Waals surface area contributed by atoms with E-state index in [0.29, 0.717) is 43.1 Å². The van der Waals surface area contributed by atoms with E-state index in [1.807, 2.05) is 0 Å². The van der Waals surface area contributed by atoms with Crippen LogP contribution in [0.5, 0.6) is 17.2 Å². The maximum atomic E-state index is 13.1. The summed E-state index contributed by atoms with van der Waals surface area (Å²) in [6.45, 7) is 6.70. The number of phenolic OH excluding ortho intramolecular Hbond substituents is 1. The quantitative estimate of drug-likeness (QED) is 0.170. The Morgan fingerprint density at radius 2 is 1.88 bits per heavy atom. The molecule has 1 aliphatic heterocycles. The van der Waals surface area contributed by atoms with Gasteiger partial charge in [0, 0.05) is 25.8 Å². The van der Waals surface area contributed by atoms with Gasteiger partial charge in [0.25, 0.3) is 11.7 Å². The van der Waals surface area contributed by atoms with Crippen LogP contribution in [0.1, 0.15) is 30.5 Å². The lowest BCUT2D eigenvalue weighted by molar-refractivity contribution is -0.140. The summed E-state index contributed by atoms with van der Waals surface area (Å²) >= 11 is 0. The fourth-order valence-corrected chi connectivity index (χ4v) is 3.83. The SMILES string of the molecule is C=CCOc1ccc(C(O)=C2C(=O)C(=O)N(CCCOC)[C@H]2c2ccc(O)c(OCC)c2)cc1. The van der Waals surface area contributed by atoms with Crippen molar-refractivity contribution in [2.45, 2.75) is 19.4 Å². The number of ether oxygens (including phenoxy) is 3. The van der Waals surface area contributed by atoms with Gasteiger partial charge in [-0.1, -0.05) is 18.7 Å². The molecule has 1 heterocycles. The van der Waals surface area contributed by atoms with Gasteiger partial charge in [-0.15, -0.1) is 0 Å². The maximum Gasteiger partial charge on any atom is 0.295 e. The Morgan fingerprint density at radius 1 is 1.15 bits per heavy atom. The molecule has 0 spiro atoms. The van der Waals surface area contributed by atoms with Crippen molar-refractivity contribution in [1.29, 1.82) is 0 Å². The summed E-state index contributed by atoms with van der Waals surface area (Å²) in [7, 11) is 1.56. The van der Waals surface area contributed by atoms with Crippen LogP contribution in [0.3, 0.4) is 0 Å². The van der Waals surface area contributed by atoms with E-state index in [0.717, 1.165) is 0 Å². The van der Waals surface area contributed by atoms with Crippen LogP contribution >= 0.6 is 0 Å². The number of Topliss-reactive ketones (excluding diaryl/α,β-unsaturated/α-hetero) is 1. The van der Waals surface area contributed by atoms with Gasteiger partial charge >= 0.3 is 0 Å². The molecule has 8 nitrogen and oxygen atoms in total. The van der Waals surface area contributed by atoms with Gasteiger partial charge in [-0.3, -0.25) is 9.59 Å². The van der Waals surface area contributed by atoms with Crippen molar-refractivity contribution in [3.8, 4) is 17.2 Å². The van der Waals surface area contributed by atoms with Gasteiger partial charge in [-0.05, 0) is 55.3 Å². The lowest BCUT2D eigenvalue weighted by Gasteiger charge is -2.25. The Balaban J connectivity index is 2.09. The summed E-state index contributed by atoms with van der Waals surface area (Å²) in [5, 5.41) is 21.3. The van der Waals surface area contributed by atoms with E-state index >= 15 is 0 Å². The molecule has 2 aromatic rings. The number of amides is 1. The average molecular weight is 468 g/mol. The molecule has 0 bridgehead atoms. The molecule has 180 valence electrons. The number of hydrogen-bond donors (Lipinski definition) is 2. The third-order valence-corrected chi connectivity index (χ3v) is 5.38. The summed E-state index contributed by atoms with van der Waals surface area (Å²) in [6.07, 6.45) is 2.12. The van der Waals surface area contributed by atoms with Gasteiger partial charge in [0.1, 0.15) is 18.1 Å². The average Bonchev–Trinajstić information content (AvgIpc) is 3.09. The Kier molecular flexibility index (Phi) is 8.32. The van der Waals surface area contributed by atoms with E-state index < -0.39 is 17.7 Å². The molecule has 1 saturated heterocycles. The smallest absolute Gasteiger partial charge is 0.295 e. The third-order valence-electron chi connectivity index (χ3n) is 5.38. The highest BCUT2D eigenvalue weighted by Crippen LogP contribution is 2.42. The molecule has 0 aliphatic carbocycles. The number of aliphatic hydroxyl groups is 1. The number of methoxy groups -OCH3 is 1. The fraction of sp³-hybridized carbons (Fsp3) is 0.308. The monoisotopic (exact) mass is 467 g/mol. The summed E-state index contributed by atoms with van der Waals surface area (Å²) in [5.74, 6) is -1.03. The first-order chi connectivity index (χ1) is 16.4. The third kappa shape index (κ3) is 5.23. The number of carbonyl (C=O) groups is 2. The number of nitrogens with zero attached hydrogens (tertiary/aromatic N) is 1. The highest BCUT2D eigenvalue weighted by Gasteiger charge is 2.46. The molecule has 2 aromatic carbocycles. The maximum absolute atomic E-state index is 13.1. The summed E-state index contributed by atoms with van der Waals surface area (Å²) in [4.78, 5) is 27.4. The van der Waals surface area contributed by atoms with Crippen LogP contribution < -0.4 is 9.47 Å². The Hall–Kier alpha value is -3.78. The highest BCUT2D eigenvalue weighted by molar-refractivity contribution is 6.46. The number of hydrogen-bond acceptors (Lipinski definition) is 7. The number of rotatable bonds is 11. The van der Waals surface area contributed by atoms with Gasteiger partial charge in [-0.25, -0.2) is 0 Å². The molecule has 3 rings (SSSR count). The molecule has 1 fully saturated rings. The predicted octanol–water partition coefficient (Wildman–Crippen LogP) is 3.81. The lowest BCUT2D eigenvalue weighted by atomic mass is 9.95. The zero-order chi connectivity index (χ0) is 24.7. The lowest BCUT2D eigenvalue weighted by Crippen LogP contribution is -2.31. The van der Waals surface area contributed by atoms with Crippen molar-refractivity contribution in [3.05, 3.63) is 71.8 Å². The van der Waals surface area contributed by atoms with Crippen LogP contribution in [0.2, 0.25) is 0 Å². The van der Waals surface area contributed by atoms with Crippen LogP contribution in [0, 0.1) is 0 Å². The van der Waals surface area contributed by atoms with Gasteiger partial charge in [0.05, 0.1) is 18.2 Å². The highest BCUT2D eigenvalue weighted by atomic mass is 16.5. The molecule has 0 radical (unpaired) electrons. The number of ketones is 1. The van der Waals surface area contributed by atoms with Crippen LogP contribution in [-0.4, -0.2) is 60.3 Å². The van der Waals surface area contributed by atoms with Crippen molar-refractivity contribution in [1.82, 2.24) is 4.90 Å². The van der Waals surface area contributed by atoms with Gasteiger partial charge in [0.2, 0.25) is 0 Å². The van der Waals surface area contributed by atoms with Gasteiger partial charge in [0.15, 0.2) is 11.5 Å². The topological polar surface area (TPSA) is 106 Å². The van der Waals surface area contributed by atoms with Crippen molar-refractivity contribution in [3.63, 3.8) is 0 Å². The molecule has 2 N–H and O–H groups in total. The van der Waals surface area contributed by atoms with Gasteiger partial charge in [-0.2, -0.15) is 0 Å². The molecular weight excluding hydrogens is 438 g/mol. The van der Waals surface area contributed by atoms with Crippen molar-refractivity contribution >= 4 is 17.4 Å². The predicted molar refractivity (Wildman–Crippen MR) is 127 cm³/mol. The zero-order valence-corrected chi connectivity index (χ0v) is 19.3.